The van der Waals surface area contributed by atoms with Gasteiger partial charge in [-0.1, -0.05) is 61.1 Å². The molecule has 0 radical (unpaired) electrons. The van der Waals surface area contributed by atoms with E-state index in [9.17, 15) is 10.1 Å². The largest absolute Gasteiger partial charge is 0.476 e. The first-order valence-electron chi connectivity index (χ1n) is 21.6. The summed E-state index contributed by atoms with van der Waals surface area (Å²) in [7, 11) is 1.76. The number of carbonyl (C=O) groups is 1. The van der Waals surface area contributed by atoms with Crippen molar-refractivity contribution >= 4 is 38.5 Å². The Labute approximate surface area is 357 Å². The van der Waals surface area contributed by atoms with Crippen LogP contribution >= 0.6 is 11.3 Å². The lowest BCUT2D eigenvalue weighted by atomic mass is 9.83. The number of ketones is 1. The molecule has 59 heavy (non-hydrogen) atoms. The first kappa shape index (κ1) is 47.8. The zero-order chi connectivity index (χ0) is 43.8. The molecule has 2 aromatic rings. The molecule has 0 spiro atoms. The number of halogens is 2. The predicted molar refractivity (Wildman–Crippen MR) is 242 cm³/mol. The summed E-state index contributed by atoms with van der Waals surface area (Å²) in [6, 6.07) is 5.67. The number of benzene rings is 1. The Balaban J connectivity index is 0.00000145. The van der Waals surface area contributed by atoms with Crippen LogP contribution in [0.15, 0.2) is 71.0 Å². The van der Waals surface area contributed by atoms with Gasteiger partial charge in [0.15, 0.2) is 11.6 Å². The molecule has 0 saturated carbocycles. The van der Waals surface area contributed by atoms with Crippen LogP contribution in [-0.2, 0) is 14.3 Å². The van der Waals surface area contributed by atoms with E-state index in [0.29, 0.717) is 57.2 Å². The molecule has 3 aliphatic rings. The van der Waals surface area contributed by atoms with Gasteiger partial charge in [0.1, 0.15) is 24.2 Å². The number of fused-ring (bicyclic) bond motifs is 2. The second-order valence-electron chi connectivity index (χ2n) is 17.1. The highest BCUT2D eigenvalue weighted by Gasteiger charge is 2.49. The van der Waals surface area contributed by atoms with E-state index >= 15 is 8.78 Å². The van der Waals surface area contributed by atoms with Crippen LogP contribution in [0.2, 0.25) is 0 Å². The molecule has 4 unspecified atom stereocenters. The highest BCUT2D eigenvalue weighted by molar-refractivity contribution is 7.19. The zero-order valence-corrected chi connectivity index (χ0v) is 38.4. The molecule has 7 nitrogen and oxygen atoms in total. The van der Waals surface area contributed by atoms with Crippen LogP contribution in [-0.4, -0.2) is 72.3 Å². The van der Waals surface area contributed by atoms with E-state index in [-0.39, 0.29) is 41.0 Å². The fraction of sp³-hybridized carbons (Fsp3) is 0.571. The fourth-order valence-corrected chi connectivity index (χ4v) is 10.2. The van der Waals surface area contributed by atoms with E-state index in [1.54, 1.807) is 13.2 Å². The number of hydrogen-bond donors (Lipinski definition) is 0. The number of nitrogens with zero attached hydrogens (tertiary/aromatic N) is 4. The SMILES string of the molecule is C=C(/N=C1/C(F)=C(c2ccc(F)c3sc(C(C)CC)c(C#N)c23)C(CC)=C/C1=C(/C)N(CC)C(CCC(C)C)C(C)C)OCC12CCCN1CC(OC)C2.C=CC(C)=O. The van der Waals surface area contributed by atoms with Crippen molar-refractivity contribution in [1.82, 2.24) is 9.80 Å². The average molecular weight is 831 g/mol. The molecule has 5 rings (SSSR count). The second kappa shape index (κ2) is 21.1. The van der Waals surface area contributed by atoms with Crippen molar-refractivity contribution in [3.05, 3.63) is 87.8 Å². The number of allylic oxidation sites excluding steroid dienone is 7. The van der Waals surface area contributed by atoms with E-state index in [0.717, 1.165) is 74.3 Å². The molecule has 2 saturated heterocycles. The van der Waals surface area contributed by atoms with Crippen molar-refractivity contribution in [3.63, 3.8) is 0 Å². The number of thiophene rings is 1. The van der Waals surface area contributed by atoms with E-state index in [2.05, 4.69) is 83.6 Å². The molecular weight excluding hydrogens is 763 g/mol. The van der Waals surface area contributed by atoms with Crippen molar-refractivity contribution in [2.45, 2.75) is 138 Å². The standard InChI is InChI=1S/C45H62F2N4O2S.C4H6O/c1-12-29(8)43-36(24-48)40-34(17-18-37(46)44(40)54-43)39-32(13-2)22-35(30(9)51(14-3)38(28(6)7)19-16-27(4)5)42(41(39)47)49-31(10)53-26-45-20-15-21-50(45)25-33(23-45)52-11;1-3-4(2)5/h17-18,22,27-29,33,38H,10,12-16,19-21,23,25-26H2,1-9,11H3;3H,1H2,2H3/b35-30+,49-42+;. The monoisotopic (exact) mass is 830 g/mol. The van der Waals surface area contributed by atoms with Crippen LogP contribution in [0.4, 0.5) is 8.78 Å². The quantitative estimate of drug-likeness (QED) is 0.117. The van der Waals surface area contributed by atoms with Crippen LogP contribution in [0.5, 0.6) is 0 Å². The van der Waals surface area contributed by atoms with E-state index in [4.69, 9.17) is 14.5 Å². The molecule has 0 N–H and O–H groups in total. The zero-order valence-electron chi connectivity index (χ0n) is 37.6. The van der Waals surface area contributed by atoms with Crippen LogP contribution in [0.25, 0.3) is 15.7 Å². The number of carbonyl (C=O) groups excluding carboxylic acids is 1. The number of nitriles is 1. The van der Waals surface area contributed by atoms with Crippen molar-refractivity contribution < 1.29 is 23.0 Å². The van der Waals surface area contributed by atoms with Gasteiger partial charge < -0.3 is 14.4 Å². The Kier molecular flexibility index (Phi) is 17.0. The third-order valence-corrected chi connectivity index (χ3v) is 13.9. The molecule has 0 bridgehead atoms. The summed E-state index contributed by atoms with van der Waals surface area (Å²) in [6.07, 6.45) is 9.89. The van der Waals surface area contributed by atoms with Gasteiger partial charge in [-0.05, 0) is 126 Å². The minimum absolute atomic E-state index is 0.0185. The lowest BCUT2D eigenvalue weighted by molar-refractivity contribution is -0.112. The summed E-state index contributed by atoms with van der Waals surface area (Å²) in [4.78, 5) is 20.3. The second-order valence-corrected chi connectivity index (χ2v) is 18.2. The maximum Gasteiger partial charge on any atom is 0.206 e. The molecule has 1 aromatic carbocycles. The first-order chi connectivity index (χ1) is 28.0. The minimum atomic E-state index is -0.512. The summed E-state index contributed by atoms with van der Waals surface area (Å²) in [5.41, 5.74) is 3.70. The van der Waals surface area contributed by atoms with Gasteiger partial charge >= 0.3 is 0 Å². The maximum absolute atomic E-state index is 17.9. The summed E-state index contributed by atoms with van der Waals surface area (Å²) >= 11 is 1.30. The van der Waals surface area contributed by atoms with Gasteiger partial charge in [0.25, 0.3) is 0 Å². The normalized spacial score (nSPS) is 21.9. The van der Waals surface area contributed by atoms with Gasteiger partial charge in [-0.25, -0.2) is 13.8 Å². The van der Waals surface area contributed by atoms with Gasteiger partial charge in [-0.2, -0.15) is 5.26 Å². The lowest BCUT2D eigenvalue weighted by Gasteiger charge is -2.38. The number of ether oxygens (including phenoxy) is 2. The molecule has 1 aromatic heterocycles. The number of aliphatic imine (C=N–C) groups is 1. The smallest absolute Gasteiger partial charge is 0.206 e. The average Bonchev–Trinajstić information content (AvgIpc) is 3.90. The van der Waals surface area contributed by atoms with Gasteiger partial charge in [-0.3, -0.25) is 9.69 Å². The molecule has 0 amide bonds. The highest BCUT2D eigenvalue weighted by atomic mass is 32.1. The molecule has 2 fully saturated rings. The molecule has 1 aliphatic carbocycles. The third kappa shape index (κ3) is 10.5. The minimum Gasteiger partial charge on any atom is -0.476 e. The van der Waals surface area contributed by atoms with E-state index in [1.807, 2.05) is 13.8 Å². The molecule has 322 valence electrons. The van der Waals surface area contributed by atoms with Crippen molar-refractivity contribution in [3.8, 4) is 6.07 Å². The van der Waals surface area contributed by atoms with E-state index in [1.165, 1.54) is 30.4 Å². The summed E-state index contributed by atoms with van der Waals surface area (Å²) in [5.74, 6) is 0.255. The molecule has 2 aliphatic heterocycles. The molecule has 10 heteroatoms. The highest BCUT2D eigenvalue weighted by Crippen LogP contribution is 2.47. The lowest BCUT2D eigenvalue weighted by Crippen LogP contribution is -2.42. The Hall–Kier alpha value is -3.91. The van der Waals surface area contributed by atoms with Gasteiger partial charge in [0, 0.05) is 53.3 Å². The Bertz CT molecular complexity index is 2030. The number of hydrogen-bond acceptors (Lipinski definition) is 8. The fourth-order valence-electron chi connectivity index (χ4n) is 8.92. The van der Waals surface area contributed by atoms with E-state index < -0.39 is 11.6 Å². The van der Waals surface area contributed by atoms with Crippen molar-refractivity contribution in [2.75, 3.05) is 33.4 Å². The van der Waals surface area contributed by atoms with Crippen LogP contribution < -0.4 is 0 Å². The number of methoxy groups -OCH3 is 1. The summed E-state index contributed by atoms with van der Waals surface area (Å²) in [5, 5.41) is 11.0. The van der Waals surface area contributed by atoms with Gasteiger partial charge in [-0.15, -0.1) is 11.3 Å². The van der Waals surface area contributed by atoms with Crippen LogP contribution in [0, 0.1) is 29.0 Å². The first-order valence-corrected chi connectivity index (χ1v) is 22.4. The predicted octanol–water partition coefficient (Wildman–Crippen LogP) is 12.5. The number of rotatable bonds is 17. The van der Waals surface area contributed by atoms with Crippen LogP contribution in [0.3, 0.4) is 0 Å². The molecular formula is C49H68F2N4O3S. The third-order valence-electron chi connectivity index (χ3n) is 12.5. The van der Waals surface area contributed by atoms with Gasteiger partial charge in [0.05, 0.1) is 21.9 Å². The van der Waals surface area contributed by atoms with Crippen LogP contribution in [0.1, 0.15) is 136 Å². The molecule has 4 atom stereocenters. The van der Waals surface area contributed by atoms with Gasteiger partial charge in [0.2, 0.25) is 5.88 Å². The molecule has 3 heterocycles. The Morgan fingerprint density at radius 1 is 1.17 bits per heavy atom. The topological polar surface area (TPSA) is 78.2 Å². The van der Waals surface area contributed by atoms with Crippen molar-refractivity contribution in [2.24, 2.45) is 16.8 Å². The summed E-state index contributed by atoms with van der Waals surface area (Å²) < 4.78 is 46.0. The van der Waals surface area contributed by atoms with Crippen molar-refractivity contribution in [1.29, 1.82) is 5.26 Å². The Morgan fingerprint density at radius 3 is 2.42 bits per heavy atom. The summed E-state index contributed by atoms with van der Waals surface area (Å²) in [6.45, 7) is 31.3. The Morgan fingerprint density at radius 2 is 1.86 bits per heavy atom. The maximum atomic E-state index is 17.9.